The molecule has 0 saturated carbocycles. The van der Waals surface area contributed by atoms with E-state index >= 15 is 0 Å². The fourth-order valence-electron chi connectivity index (χ4n) is 1.65. The highest BCUT2D eigenvalue weighted by Crippen LogP contribution is 2.10. The monoisotopic (exact) mass is 243 g/mol. The van der Waals surface area contributed by atoms with Crippen molar-refractivity contribution < 1.29 is 4.57 Å². The lowest BCUT2D eigenvalue weighted by Gasteiger charge is -2.11. The predicted octanol–water partition coefficient (Wildman–Crippen LogP) is 1.57. The number of hydrogen-bond acceptors (Lipinski definition) is 2. The molecular weight excluding hydrogens is 224 g/mol. The normalized spacial score (nSPS) is 11.1. The largest absolute Gasteiger partial charge is 0.378 e. The third kappa shape index (κ3) is 2.59. The molecule has 18 heavy (non-hydrogen) atoms. The van der Waals surface area contributed by atoms with E-state index in [1.807, 2.05) is 55.9 Å². The molecule has 94 valence electrons. The van der Waals surface area contributed by atoms with Crippen molar-refractivity contribution in [2.45, 2.75) is 6.92 Å². The molecule has 4 heteroatoms. The van der Waals surface area contributed by atoms with Crippen molar-refractivity contribution in [2.75, 3.05) is 19.0 Å². The summed E-state index contributed by atoms with van der Waals surface area (Å²) in [6, 6.07) is 8.31. The molecule has 0 radical (unpaired) electrons. The summed E-state index contributed by atoms with van der Waals surface area (Å²) < 4.78 is 3.90. The zero-order chi connectivity index (χ0) is 13.1. The number of anilines is 1. The third-order valence-corrected chi connectivity index (χ3v) is 3.01. The van der Waals surface area contributed by atoms with Crippen LogP contribution in [-0.4, -0.2) is 25.0 Å². The molecule has 0 N–H and O–H groups in total. The summed E-state index contributed by atoms with van der Waals surface area (Å²) in [5.41, 5.74) is 2.28. The fourth-order valence-corrected chi connectivity index (χ4v) is 1.65. The fraction of sp³-hybridized carbons (Fsp3) is 0.286. The van der Waals surface area contributed by atoms with Crippen molar-refractivity contribution in [3.05, 3.63) is 48.0 Å². The molecule has 0 atom stereocenters. The Morgan fingerprint density at radius 1 is 1.22 bits per heavy atom. The van der Waals surface area contributed by atoms with Gasteiger partial charge in [0.2, 0.25) is 0 Å². The maximum Gasteiger partial charge on any atom is 0.278 e. The van der Waals surface area contributed by atoms with Gasteiger partial charge in [-0.15, -0.1) is 4.68 Å². The Labute approximate surface area is 108 Å². The van der Waals surface area contributed by atoms with Gasteiger partial charge in [-0.1, -0.05) is 17.2 Å². The van der Waals surface area contributed by atoms with E-state index in [1.165, 1.54) is 5.69 Å². The summed E-state index contributed by atoms with van der Waals surface area (Å²) >= 11 is 0. The smallest absolute Gasteiger partial charge is 0.278 e. The SMILES string of the molecule is Cc1n(N=Cc2ccc(N(C)C)cc2)cc[n+]1C. The van der Waals surface area contributed by atoms with Crippen molar-refractivity contribution in [3.8, 4) is 0 Å². The maximum atomic E-state index is 4.43. The van der Waals surface area contributed by atoms with Gasteiger partial charge in [0.05, 0.1) is 13.3 Å². The van der Waals surface area contributed by atoms with Crippen molar-refractivity contribution in [1.82, 2.24) is 4.68 Å². The summed E-state index contributed by atoms with van der Waals surface area (Å²) in [6.07, 6.45) is 5.80. The summed E-state index contributed by atoms with van der Waals surface area (Å²) in [5, 5.41) is 4.43. The van der Waals surface area contributed by atoms with Gasteiger partial charge < -0.3 is 4.90 Å². The molecule has 2 rings (SSSR count). The molecule has 0 saturated heterocycles. The molecular formula is C14H19N4+. The van der Waals surface area contributed by atoms with Crippen LogP contribution < -0.4 is 9.47 Å². The Morgan fingerprint density at radius 3 is 2.39 bits per heavy atom. The number of benzene rings is 1. The summed E-state index contributed by atoms with van der Waals surface area (Å²) in [4.78, 5) is 2.08. The molecule has 4 nitrogen and oxygen atoms in total. The van der Waals surface area contributed by atoms with Gasteiger partial charge in [0.1, 0.15) is 6.20 Å². The predicted molar refractivity (Wildman–Crippen MR) is 74.1 cm³/mol. The third-order valence-electron chi connectivity index (χ3n) is 3.01. The number of hydrogen-bond donors (Lipinski definition) is 0. The average molecular weight is 243 g/mol. The Morgan fingerprint density at radius 2 is 1.89 bits per heavy atom. The first-order chi connectivity index (χ1) is 8.58. The summed E-state index contributed by atoms with van der Waals surface area (Å²) in [6.45, 7) is 2.03. The summed E-state index contributed by atoms with van der Waals surface area (Å²) in [5.74, 6) is 1.09. The Hall–Kier alpha value is -2.10. The zero-order valence-corrected chi connectivity index (χ0v) is 11.3. The molecule has 0 spiro atoms. The molecule has 0 amide bonds. The molecule has 0 aliphatic heterocycles. The Kier molecular flexibility index (Phi) is 3.46. The van der Waals surface area contributed by atoms with Gasteiger partial charge in [-0.05, 0) is 17.7 Å². The van der Waals surface area contributed by atoms with Crippen LogP contribution in [0.3, 0.4) is 0 Å². The van der Waals surface area contributed by atoms with Crippen LogP contribution in [0.5, 0.6) is 0 Å². The topological polar surface area (TPSA) is 24.4 Å². The molecule has 0 fully saturated rings. The molecule has 1 heterocycles. The van der Waals surface area contributed by atoms with Crippen LogP contribution in [0.25, 0.3) is 0 Å². The van der Waals surface area contributed by atoms with E-state index in [0.717, 1.165) is 11.4 Å². The van der Waals surface area contributed by atoms with E-state index in [4.69, 9.17) is 0 Å². The van der Waals surface area contributed by atoms with Crippen molar-refractivity contribution in [1.29, 1.82) is 0 Å². The number of imidazole rings is 1. The van der Waals surface area contributed by atoms with Gasteiger partial charge in [-0.2, -0.15) is 0 Å². The van der Waals surface area contributed by atoms with E-state index in [0.29, 0.717) is 0 Å². The van der Waals surface area contributed by atoms with Gasteiger partial charge in [0.15, 0.2) is 6.20 Å². The second-order valence-corrected chi connectivity index (χ2v) is 4.53. The first-order valence-electron chi connectivity index (χ1n) is 5.93. The highest BCUT2D eigenvalue weighted by Gasteiger charge is 2.06. The van der Waals surface area contributed by atoms with Crippen molar-refractivity contribution >= 4 is 11.9 Å². The van der Waals surface area contributed by atoms with Gasteiger partial charge in [-0.3, -0.25) is 0 Å². The average Bonchev–Trinajstić information content (AvgIpc) is 2.68. The van der Waals surface area contributed by atoms with Crippen LogP contribution in [0.4, 0.5) is 5.69 Å². The molecule has 1 aromatic carbocycles. The minimum Gasteiger partial charge on any atom is -0.378 e. The van der Waals surface area contributed by atoms with Crippen molar-refractivity contribution in [3.63, 3.8) is 0 Å². The van der Waals surface area contributed by atoms with Crippen LogP contribution in [0.2, 0.25) is 0 Å². The van der Waals surface area contributed by atoms with Crippen molar-refractivity contribution in [2.24, 2.45) is 12.1 Å². The van der Waals surface area contributed by atoms with Crippen LogP contribution in [0, 0.1) is 6.92 Å². The highest BCUT2D eigenvalue weighted by molar-refractivity contribution is 5.80. The second-order valence-electron chi connectivity index (χ2n) is 4.53. The van der Waals surface area contributed by atoms with E-state index in [-0.39, 0.29) is 0 Å². The standard InChI is InChI=1S/C14H19N4/c1-12-17(4)9-10-18(12)15-11-13-5-7-14(8-6-13)16(2)3/h5-11H,1-4H3/q+1. The van der Waals surface area contributed by atoms with E-state index in [2.05, 4.69) is 34.3 Å². The van der Waals surface area contributed by atoms with Crippen LogP contribution >= 0.6 is 0 Å². The second kappa shape index (κ2) is 5.04. The highest BCUT2D eigenvalue weighted by atomic mass is 15.4. The Balaban J connectivity index is 2.16. The van der Waals surface area contributed by atoms with E-state index < -0.39 is 0 Å². The lowest BCUT2D eigenvalue weighted by Crippen LogP contribution is -2.29. The number of aromatic nitrogens is 2. The lowest BCUT2D eigenvalue weighted by atomic mass is 10.2. The summed E-state index contributed by atoms with van der Waals surface area (Å²) in [7, 11) is 6.08. The molecule has 0 unspecified atom stereocenters. The minimum absolute atomic E-state index is 1.09. The van der Waals surface area contributed by atoms with Crippen LogP contribution in [0.1, 0.15) is 11.4 Å². The maximum absolute atomic E-state index is 4.43. The zero-order valence-electron chi connectivity index (χ0n) is 11.3. The molecule has 2 aromatic rings. The first-order valence-corrected chi connectivity index (χ1v) is 5.93. The number of aryl methyl sites for hydroxylation is 1. The quantitative estimate of drug-likeness (QED) is 0.593. The van der Waals surface area contributed by atoms with Crippen LogP contribution in [0.15, 0.2) is 41.8 Å². The van der Waals surface area contributed by atoms with E-state index in [9.17, 15) is 0 Å². The number of rotatable bonds is 3. The van der Waals surface area contributed by atoms with Gasteiger partial charge in [0, 0.05) is 26.7 Å². The van der Waals surface area contributed by atoms with Crippen LogP contribution in [-0.2, 0) is 7.05 Å². The first kappa shape index (κ1) is 12.4. The van der Waals surface area contributed by atoms with Gasteiger partial charge in [-0.25, -0.2) is 4.57 Å². The molecule has 0 aliphatic carbocycles. The van der Waals surface area contributed by atoms with Gasteiger partial charge >= 0.3 is 0 Å². The lowest BCUT2D eigenvalue weighted by molar-refractivity contribution is -0.677. The minimum atomic E-state index is 1.09. The molecule has 1 aromatic heterocycles. The molecule has 0 aliphatic rings. The Bertz CT molecular complexity index is 550. The number of nitrogens with zero attached hydrogens (tertiary/aromatic N) is 4. The van der Waals surface area contributed by atoms with E-state index in [1.54, 1.807) is 0 Å². The molecule has 0 bridgehead atoms. The van der Waals surface area contributed by atoms with Gasteiger partial charge in [0.25, 0.3) is 5.82 Å².